The van der Waals surface area contributed by atoms with E-state index in [0.717, 1.165) is 7.11 Å². The third-order valence-corrected chi connectivity index (χ3v) is 2.06. The molecule has 0 bridgehead atoms. The maximum atomic E-state index is 13.6. The van der Waals surface area contributed by atoms with Gasteiger partial charge in [0.05, 0.1) is 18.7 Å². The molecule has 3 nitrogen and oxygen atoms in total. The standard InChI is InChI=1S/C10H10ClFO3/c1-3-15-7-5-4-6(11)8(9(7)12)10(13)14-2/h4-5H,3H2,1-2H3. The third kappa shape index (κ3) is 2.39. The highest BCUT2D eigenvalue weighted by molar-refractivity contribution is 6.33. The predicted molar refractivity (Wildman–Crippen MR) is 53.9 cm³/mol. The third-order valence-electron chi connectivity index (χ3n) is 1.75. The van der Waals surface area contributed by atoms with Gasteiger partial charge in [-0.05, 0) is 19.1 Å². The van der Waals surface area contributed by atoms with E-state index in [4.69, 9.17) is 16.3 Å². The van der Waals surface area contributed by atoms with Gasteiger partial charge in [-0.3, -0.25) is 0 Å². The summed E-state index contributed by atoms with van der Waals surface area (Å²) in [6.07, 6.45) is 0. The Morgan fingerprint density at radius 1 is 1.53 bits per heavy atom. The zero-order chi connectivity index (χ0) is 11.4. The zero-order valence-corrected chi connectivity index (χ0v) is 9.10. The minimum absolute atomic E-state index is 0.00260. The summed E-state index contributed by atoms with van der Waals surface area (Å²) in [5.74, 6) is -1.63. The molecule has 82 valence electrons. The van der Waals surface area contributed by atoms with Gasteiger partial charge in [-0.1, -0.05) is 11.6 Å². The van der Waals surface area contributed by atoms with Crippen molar-refractivity contribution in [1.29, 1.82) is 0 Å². The Morgan fingerprint density at radius 2 is 2.20 bits per heavy atom. The van der Waals surface area contributed by atoms with E-state index in [1.54, 1.807) is 6.92 Å². The van der Waals surface area contributed by atoms with Gasteiger partial charge >= 0.3 is 5.97 Å². The van der Waals surface area contributed by atoms with E-state index in [0.29, 0.717) is 6.61 Å². The molecule has 0 radical (unpaired) electrons. The van der Waals surface area contributed by atoms with Crippen molar-refractivity contribution in [2.75, 3.05) is 13.7 Å². The van der Waals surface area contributed by atoms with Gasteiger partial charge in [0.15, 0.2) is 11.6 Å². The number of rotatable bonds is 3. The minimum Gasteiger partial charge on any atom is -0.491 e. The summed E-state index contributed by atoms with van der Waals surface area (Å²) < 4.78 is 23.0. The maximum Gasteiger partial charge on any atom is 0.342 e. The van der Waals surface area contributed by atoms with Crippen LogP contribution >= 0.6 is 11.6 Å². The highest BCUT2D eigenvalue weighted by Crippen LogP contribution is 2.27. The molecule has 0 unspecified atom stereocenters. The number of benzene rings is 1. The van der Waals surface area contributed by atoms with Crippen molar-refractivity contribution < 1.29 is 18.7 Å². The molecule has 0 aliphatic carbocycles. The molecule has 1 aromatic rings. The molecule has 0 amide bonds. The van der Waals surface area contributed by atoms with Crippen molar-refractivity contribution in [3.63, 3.8) is 0 Å². The van der Waals surface area contributed by atoms with Crippen molar-refractivity contribution in [3.05, 3.63) is 28.5 Å². The number of methoxy groups -OCH3 is 1. The first-order valence-electron chi connectivity index (χ1n) is 4.31. The molecule has 15 heavy (non-hydrogen) atoms. The van der Waals surface area contributed by atoms with Crippen LogP contribution < -0.4 is 4.74 Å². The largest absolute Gasteiger partial charge is 0.491 e. The SMILES string of the molecule is CCOc1ccc(Cl)c(C(=O)OC)c1F. The monoisotopic (exact) mass is 232 g/mol. The molecular weight excluding hydrogens is 223 g/mol. The van der Waals surface area contributed by atoms with Crippen LogP contribution in [0.1, 0.15) is 17.3 Å². The van der Waals surface area contributed by atoms with Crippen LogP contribution in [0.3, 0.4) is 0 Å². The van der Waals surface area contributed by atoms with E-state index in [-0.39, 0.29) is 16.3 Å². The minimum atomic E-state index is -0.820. The van der Waals surface area contributed by atoms with Crippen LogP contribution in [-0.2, 0) is 4.74 Å². The van der Waals surface area contributed by atoms with Crippen LogP contribution in [0, 0.1) is 5.82 Å². The quantitative estimate of drug-likeness (QED) is 0.752. The summed E-state index contributed by atoms with van der Waals surface area (Å²) in [5, 5.41) is 0.00260. The number of ether oxygens (including phenoxy) is 2. The van der Waals surface area contributed by atoms with Gasteiger partial charge in [-0.15, -0.1) is 0 Å². The Hall–Kier alpha value is -1.29. The molecule has 0 aromatic heterocycles. The van der Waals surface area contributed by atoms with Crippen LogP contribution in [0.15, 0.2) is 12.1 Å². The van der Waals surface area contributed by atoms with Crippen molar-refractivity contribution in [2.45, 2.75) is 6.92 Å². The summed E-state index contributed by atoms with van der Waals surface area (Å²) >= 11 is 5.68. The van der Waals surface area contributed by atoms with Crippen molar-refractivity contribution >= 4 is 17.6 Å². The van der Waals surface area contributed by atoms with E-state index < -0.39 is 11.8 Å². The van der Waals surface area contributed by atoms with E-state index in [9.17, 15) is 9.18 Å². The van der Waals surface area contributed by atoms with Crippen molar-refractivity contribution in [2.24, 2.45) is 0 Å². The van der Waals surface area contributed by atoms with E-state index in [1.807, 2.05) is 0 Å². The first-order chi connectivity index (χ1) is 7.11. The number of carbonyl (C=O) groups excluding carboxylic acids is 1. The second-order valence-corrected chi connectivity index (χ2v) is 3.07. The molecular formula is C10H10ClFO3. The van der Waals surface area contributed by atoms with Gasteiger partial charge in [0.1, 0.15) is 5.56 Å². The first-order valence-corrected chi connectivity index (χ1v) is 4.68. The summed E-state index contributed by atoms with van der Waals surface area (Å²) in [5.41, 5.74) is -0.301. The van der Waals surface area contributed by atoms with Crippen LogP contribution in [-0.4, -0.2) is 19.7 Å². The molecule has 0 spiro atoms. The molecule has 0 saturated heterocycles. The van der Waals surface area contributed by atoms with Gasteiger partial charge in [-0.2, -0.15) is 0 Å². The zero-order valence-electron chi connectivity index (χ0n) is 8.34. The maximum absolute atomic E-state index is 13.6. The summed E-state index contributed by atoms with van der Waals surface area (Å²) in [6.45, 7) is 2.02. The summed E-state index contributed by atoms with van der Waals surface area (Å²) in [6, 6.07) is 2.76. The summed E-state index contributed by atoms with van der Waals surface area (Å²) in [7, 11) is 1.16. The van der Waals surface area contributed by atoms with Crippen LogP contribution in [0.4, 0.5) is 4.39 Å². The van der Waals surface area contributed by atoms with E-state index >= 15 is 0 Å². The fraction of sp³-hybridized carbons (Fsp3) is 0.300. The fourth-order valence-corrected chi connectivity index (χ4v) is 1.31. The number of esters is 1. The van der Waals surface area contributed by atoms with Crippen molar-refractivity contribution in [3.8, 4) is 5.75 Å². The van der Waals surface area contributed by atoms with Crippen LogP contribution in [0.2, 0.25) is 5.02 Å². The Labute approximate surface area is 91.7 Å². The second-order valence-electron chi connectivity index (χ2n) is 2.66. The number of carbonyl (C=O) groups is 1. The lowest BCUT2D eigenvalue weighted by molar-refractivity contribution is 0.0594. The number of hydrogen-bond acceptors (Lipinski definition) is 3. The highest BCUT2D eigenvalue weighted by Gasteiger charge is 2.20. The Balaban J connectivity index is 3.23. The van der Waals surface area contributed by atoms with Crippen LogP contribution in [0.5, 0.6) is 5.75 Å². The van der Waals surface area contributed by atoms with Gasteiger partial charge in [0, 0.05) is 0 Å². The average molecular weight is 233 g/mol. The lowest BCUT2D eigenvalue weighted by atomic mass is 10.2. The highest BCUT2D eigenvalue weighted by atomic mass is 35.5. The van der Waals surface area contributed by atoms with Crippen LogP contribution in [0.25, 0.3) is 0 Å². The van der Waals surface area contributed by atoms with Gasteiger partial charge in [0.25, 0.3) is 0 Å². The number of halogens is 2. The molecule has 0 fully saturated rings. The predicted octanol–water partition coefficient (Wildman–Crippen LogP) is 2.66. The second kappa shape index (κ2) is 4.98. The number of hydrogen-bond donors (Lipinski definition) is 0. The molecule has 0 saturated carbocycles. The molecule has 0 N–H and O–H groups in total. The smallest absolute Gasteiger partial charge is 0.342 e. The summed E-state index contributed by atoms with van der Waals surface area (Å²) in [4.78, 5) is 11.2. The molecule has 5 heteroatoms. The fourth-order valence-electron chi connectivity index (χ4n) is 1.09. The van der Waals surface area contributed by atoms with Gasteiger partial charge in [-0.25, -0.2) is 9.18 Å². The topological polar surface area (TPSA) is 35.5 Å². The lowest BCUT2D eigenvalue weighted by Crippen LogP contribution is -2.07. The Morgan fingerprint density at radius 3 is 2.73 bits per heavy atom. The molecule has 0 aliphatic rings. The van der Waals surface area contributed by atoms with E-state index in [1.165, 1.54) is 12.1 Å². The first kappa shape index (κ1) is 11.8. The molecule has 1 aromatic carbocycles. The molecule has 0 heterocycles. The normalized spacial score (nSPS) is 9.87. The van der Waals surface area contributed by atoms with Crippen molar-refractivity contribution in [1.82, 2.24) is 0 Å². The average Bonchev–Trinajstić information content (AvgIpc) is 2.22. The molecule has 0 aliphatic heterocycles. The Kier molecular flexibility index (Phi) is 3.91. The van der Waals surface area contributed by atoms with Gasteiger partial charge in [0.2, 0.25) is 0 Å². The Bertz CT molecular complexity index is 379. The molecule has 1 rings (SSSR count). The van der Waals surface area contributed by atoms with Gasteiger partial charge < -0.3 is 9.47 Å². The molecule has 0 atom stereocenters. The lowest BCUT2D eigenvalue weighted by Gasteiger charge is -2.08. The van der Waals surface area contributed by atoms with E-state index in [2.05, 4.69) is 4.74 Å².